The molecule has 6 heteroatoms. The van der Waals surface area contributed by atoms with Gasteiger partial charge < -0.3 is 15.1 Å². The van der Waals surface area contributed by atoms with Gasteiger partial charge in [0.25, 0.3) is 0 Å². The second-order valence-electron chi connectivity index (χ2n) is 7.86. The number of nitrogens with one attached hydrogen (secondary N) is 2. The highest BCUT2D eigenvalue weighted by Gasteiger charge is 2.38. The van der Waals surface area contributed by atoms with Crippen LogP contribution in [-0.4, -0.2) is 48.1 Å². The fourth-order valence-electron chi connectivity index (χ4n) is 4.43. The van der Waals surface area contributed by atoms with Crippen molar-refractivity contribution in [3.05, 3.63) is 17.3 Å². The zero-order valence-electron chi connectivity index (χ0n) is 16.7. The summed E-state index contributed by atoms with van der Waals surface area (Å²) in [7, 11) is 1.83. The summed E-state index contributed by atoms with van der Waals surface area (Å²) in [6, 6.07) is 0. The molecule has 1 aromatic rings. The van der Waals surface area contributed by atoms with Crippen molar-refractivity contribution < 1.29 is 4.42 Å². The molecular weight excluding hydrogens is 326 g/mol. The fourth-order valence-corrected chi connectivity index (χ4v) is 4.43. The summed E-state index contributed by atoms with van der Waals surface area (Å²) in [6.45, 7) is 7.96. The van der Waals surface area contributed by atoms with E-state index in [0.717, 1.165) is 24.0 Å². The quantitative estimate of drug-likeness (QED) is 0.623. The third kappa shape index (κ3) is 4.58. The highest BCUT2D eigenvalue weighted by atomic mass is 16.4. The van der Waals surface area contributed by atoms with Gasteiger partial charge in [-0.25, -0.2) is 4.98 Å². The summed E-state index contributed by atoms with van der Waals surface area (Å²) >= 11 is 0. The van der Waals surface area contributed by atoms with E-state index in [4.69, 9.17) is 4.42 Å². The van der Waals surface area contributed by atoms with Gasteiger partial charge in [-0.2, -0.15) is 0 Å². The molecule has 0 aromatic carbocycles. The van der Waals surface area contributed by atoms with E-state index in [9.17, 15) is 0 Å². The second kappa shape index (κ2) is 8.89. The van der Waals surface area contributed by atoms with Crippen LogP contribution in [0.1, 0.15) is 68.7 Å². The highest BCUT2D eigenvalue weighted by molar-refractivity contribution is 5.79. The van der Waals surface area contributed by atoms with Gasteiger partial charge in [0.2, 0.25) is 5.89 Å². The van der Waals surface area contributed by atoms with Crippen molar-refractivity contribution in [2.45, 2.75) is 77.3 Å². The number of rotatable bonds is 5. The zero-order chi connectivity index (χ0) is 18.4. The lowest BCUT2D eigenvalue weighted by molar-refractivity contribution is 0.0368. The molecular formula is C20H35N5O. The van der Waals surface area contributed by atoms with Crippen LogP contribution < -0.4 is 10.6 Å². The van der Waals surface area contributed by atoms with Crippen LogP contribution in [0.5, 0.6) is 0 Å². The van der Waals surface area contributed by atoms with E-state index in [1.165, 1.54) is 64.5 Å². The SMILES string of the molecule is CN=C(NCc1nc(C)c(C)o1)NCC1(N2CCCCC2)CCCCC1. The van der Waals surface area contributed by atoms with E-state index >= 15 is 0 Å². The Kier molecular flexibility index (Phi) is 6.57. The highest BCUT2D eigenvalue weighted by Crippen LogP contribution is 2.35. The Morgan fingerprint density at radius 2 is 1.77 bits per heavy atom. The number of nitrogens with zero attached hydrogens (tertiary/aromatic N) is 3. The van der Waals surface area contributed by atoms with Crippen LogP contribution in [0.4, 0.5) is 0 Å². The van der Waals surface area contributed by atoms with Crippen molar-refractivity contribution in [3.8, 4) is 0 Å². The minimum atomic E-state index is 0.298. The number of oxazole rings is 1. The van der Waals surface area contributed by atoms with Crippen LogP contribution in [0.15, 0.2) is 9.41 Å². The third-order valence-electron chi connectivity index (χ3n) is 6.10. The Bertz CT molecular complexity index is 578. The van der Waals surface area contributed by atoms with Gasteiger partial charge in [-0.05, 0) is 52.6 Å². The molecule has 0 unspecified atom stereocenters. The molecule has 1 aliphatic heterocycles. The lowest BCUT2D eigenvalue weighted by atomic mass is 9.79. The van der Waals surface area contributed by atoms with Gasteiger partial charge in [0, 0.05) is 19.1 Å². The molecule has 2 fully saturated rings. The Labute approximate surface area is 157 Å². The van der Waals surface area contributed by atoms with Crippen LogP contribution in [0.3, 0.4) is 0 Å². The molecule has 2 aliphatic rings. The number of hydrogen-bond donors (Lipinski definition) is 2. The van der Waals surface area contributed by atoms with Crippen LogP contribution in [0, 0.1) is 13.8 Å². The lowest BCUT2D eigenvalue weighted by Gasteiger charge is -2.48. The maximum absolute atomic E-state index is 5.65. The first kappa shape index (κ1) is 19.2. The summed E-state index contributed by atoms with van der Waals surface area (Å²) < 4.78 is 5.65. The van der Waals surface area contributed by atoms with Crippen LogP contribution in [0.2, 0.25) is 0 Å². The molecule has 0 atom stereocenters. The first-order chi connectivity index (χ1) is 12.6. The third-order valence-corrected chi connectivity index (χ3v) is 6.10. The van der Waals surface area contributed by atoms with Gasteiger partial charge in [-0.15, -0.1) is 0 Å². The average molecular weight is 362 g/mol. The number of aliphatic imine (C=N–C) groups is 1. The number of hydrogen-bond acceptors (Lipinski definition) is 4. The Morgan fingerprint density at radius 3 is 2.38 bits per heavy atom. The predicted octanol–water partition coefficient (Wildman–Crippen LogP) is 3.15. The summed E-state index contributed by atoms with van der Waals surface area (Å²) in [5.41, 5.74) is 1.25. The molecule has 2 N–H and O–H groups in total. The number of aryl methyl sites for hydroxylation is 2. The smallest absolute Gasteiger partial charge is 0.214 e. The van der Waals surface area contributed by atoms with Gasteiger partial charge in [0.05, 0.1) is 12.2 Å². The first-order valence-electron chi connectivity index (χ1n) is 10.3. The van der Waals surface area contributed by atoms with Crippen LogP contribution in [-0.2, 0) is 6.54 Å². The minimum absolute atomic E-state index is 0.298. The van der Waals surface area contributed by atoms with Crippen LogP contribution in [0.25, 0.3) is 0 Å². The topological polar surface area (TPSA) is 65.7 Å². The Balaban J connectivity index is 1.57. The molecule has 1 aliphatic carbocycles. The van der Waals surface area contributed by atoms with Crippen molar-refractivity contribution >= 4 is 5.96 Å². The molecule has 26 heavy (non-hydrogen) atoms. The van der Waals surface area contributed by atoms with E-state index in [2.05, 4.69) is 25.5 Å². The largest absolute Gasteiger partial charge is 0.444 e. The summed E-state index contributed by atoms with van der Waals surface area (Å²) in [5, 5.41) is 6.95. The minimum Gasteiger partial charge on any atom is -0.444 e. The van der Waals surface area contributed by atoms with E-state index in [0.29, 0.717) is 18.0 Å². The molecule has 0 spiro atoms. The first-order valence-corrected chi connectivity index (χ1v) is 10.3. The van der Waals surface area contributed by atoms with Crippen molar-refractivity contribution in [1.82, 2.24) is 20.5 Å². The summed E-state index contributed by atoms with van der Waals surface area (Å²) in [5.74, 6) is 2.43. The standard InChI is InChI=1S/C20H35N5O/c1-16-17(2)26-18(24-16)14-22-19(21-3)23-15-20(10-6-4-7-11-20)25-12-8-5-9-13-25/h4-15H2,1-3H3,(H2,21,22,23). The molecule has 2 heterocycles. The zero-order valence-corrected chi connectivity index (χ0v) is 16.7. The lowest BCUT2D eigenvalue weighted by Crippen LogP contribution is -2.59. The number of aromatic nitrogens is 1. The second-order valence-corrected chi connectivity index (χ2v) is 7.86. The summed E-state index contributed by atoms with van der Waals surface area (Å²) in [6.07, 6.45) is 10.8. The Hall–Kier alpha value is -1.56. The van der Waals surface area contributed by atoms with Gasteiger partial charge in [0.15, 0.2) is 5.96 Å². The molecule has 3 rings (SSSR count). The van der Waals surface area contributed by atoms with Crippen molar-refractivity contribution in [1.29, 1.82) is 0 Å². The summed E-state index contributed by atoms with van der Waals surface area (Å²) in [4.78, 5) is 11.6. The number of likely N-dealkylation sites (tertiary alicyclic amines) is 1. The molecule has 1 aromatic heterocycles. The maximum atomic E-state index is 5.65. The van der Waals surface area contributed by atoms with Gasteiger partial charge in [-0.3, -0.25) is 9.89 Å². The van der Waals surface area contributed by atoms with Gasteiger partial charge >= 0.3 is 0 Å². The molecule has 0 amide bonds. The Morgan fingerprint density at radius 1 is 1.08 bits per heavy atom. The van der Waals surface area contributed by atoms with E-state index in [1.807, 2.05) is 20.9 Å². The molecule has 6 nitrogen and oxygen atoms in total. The number of guanidine groups is 1. The monoisotopic (exact) mass is 361 g/mol. The normalized spacial score (nSPS) is 21.6. The molecule has 1 saturated carbocycles. The van der Waals surface area contributed by atoms with Crippen molar-refractivity contribution in [2.24, 2.45) is 4.99 Å². The van der Waals surface area contributed by atoms with Crippen molar-refractivity contribution in [2.75, 3.05) is 26.7 Å². The predicted molar refractivity (Wildman–Crippen MR) is 105 cm³/mol. The van der Waals surface area contributed by atoms with E-state index in [-0.39, 0.29) is 0 Å². The molecule has 0 bridgehead atoms. The molecule has 146 valence electrons. The van der Waals surface area contributed by atoms with Gasteiger partial charge in [-0.1, -0.05) is 25.7 Å². The van der Waals surface area contributed by atoms with Gasteiger partial charge in [0.1, 0.15) is 5.76 Å². The maximum Gasteiger partial charge on any atom is 0.214 e. The molecule has 1 saturated heterocycles. The van der Waals surface area contributed by atoms with Crippen LogP contribution >= 0.6 is 0 Å². The van der Waals surface area contributed by atoms with E-state index < -0.39 is 0 Å². The average Bonchev–Trinajstić information content (AvgIpc) is 3.01. The van der Waals surface area contributed by atoms with Crippen molar-refractivity contribution in [3.63, 3.8) is 0 Å². The van der Waals surface area contributed by atoms with E-state index in [1.54, 1.807) is 0 Å². The molecule has 0 radical (unpaired) electrons. The fraction of sp³-hybridized carbons (Fsp3) is 0.800. The number of piperidine rings is 1.